The third-order valence-corrected chi connectivity index (χ3v) is 6.32. The van der Waals surface area contributed by atoms with Crippen LogP contribution in [0.15, 0.2) is 77.7 Å². The highest BCUT2D eigenvalue weighted by Crippen LogP contribution is 2.34. The van der Waals surface area contributed by atoms with Crippen LogP contribution in [0.4, 0.5) is 10.5 Å². The molecule has 3 aromatic rings. The number of benzene rings is 3. The lowest BCUT2D eigenvalue weighted by atomic mass is 10.1. The molecule has 3 aromatic carbocycles. The Labute approximate surface area is 214 Å². The Balaban J connectivity index is 1.37. The van der Waals surface area contributed by atoms with Crippen LogP contribution in [-0.2, 0) is 9.59 Å². The molecule has 184 valence electrons. The van der Waals surface area contributed by atoms with Crippen LogP contribution >= 0.6 is 11.8 Å². The Kier molecular flexibility index (Phi) is 8.07. The molecule has 1 N–H and O–H groups in total. The van der Waals surface area contributed by atoms with Gasteiger partial charge in [-0.3, -0.25) is 19.3 Å². The molecule has 0 atom stereocenters. The Bertz CT molecular complexity index is 1310. The van der Waals surface area contributed by atoms with Crippen molar-refractivity contribution < 1.29 is 23.9 Å². The summed E-state index contributed by atoms with van der Waals surface area (Å²) >= 11 is 0.871. The second-order valence-electron chi connectivity index (χ2n) is 8.19. The SMILES string of the molecule is Cc1ccc(C)c(OCCN2C(=O)S/C(=C\c3ccccc3OCC(=O)Nc3ccccc3)C2=O)c1. The molecule has 3 amide bonds. The van der Waals surface area contributed by atoms with Crippen molar-refractivity contribution in [3.05, 3.63) is 94.4 Å². The van der Waals surface area contributed by atoms with E-state index in [2.05, 4.69) is 5.32 Å². The van der Waals surface area contributed by atoms with Gasteiger partial charge in [-0.1, -0.05) is 48.5 Å². The molecule has 0 spiro atoms. The van der Waals surface area contributed by atoms with Gasteiger partial charge >= 0.3 is 0 Å². The maximum Gasteiger partial charge on any atom is 0.293 e. The molecule has 36 heavy (non-hydrogen) atoms. The van der Waals surface area contributed by atoms with Crippen molar-refractivity contribution in [2.45, 2.75) is 13.8 Å². The molecule has 1 aliphatic heterocycles. The van der Waals surface area contributed by atoms with E-state index in [0.717, 1.165) is 28.6 Å². The number of anilines is 1. The Morgan fingerprint density at radius 3 is 2.50 bits per heavy atom. The minimum Gasteiger partial charge on any atom is -0.491 e. The molecule has 4 rings (SSSR count). The lowest BCUT2D eigenvalue weighted by Gasteiger charge is -2.14. The van der Waals surface area contributed by atoms with Crippen molar-refractivity contribution in [2.24, 2.45) is 0 Å². The average molecular weight is 503 g/mol. The minimum absolute atomic E-state index is 0.146. The van der Waals surface area contributed by atoms with Crippen LogP contribution < -0.4 is 14.8 Å². The van der Waals surface area contributed by atoms with Crippen molar-refractivity contribution in [2.75, 3.05) is 25.1 Å². The van der Waals surface area contributed by atoms with Crippen LogP contribution in [0.5, 0.6) is 11.5 Å². The Hall–Kier alpha value is -4.04. The minimum atomic E-state index is -0.383. The molecular formula is C28H26N2O5S. The summed E-state index contributed by atoms with van der Waals surface area (Å²) < 4.78 is 11.5. The quantitative estimate of drug-likeness (QED) is 0.393. The van der Waals surface area contributed by atoms with Gasteiger partial charge in [0.15, 0.2) is 6.61 Å². The van der Waals surface area contributed by atoms with E-state index >= 15 is 0 Å². The maximum atomic E-state index is 12.9. The zero-order chi connectivity index (χ0) is 25.5. The van der Waals surface area contributed by atoms with Gasteiger partial charge in [0.1, 0.15) is 18.1 Å². The van der Waals surface area contributed by atoms with Gasteiger partial charge in [0.2, 0.25) is 0 Å². The van der Waals surface area contributed by atoms with Gasteiger partial charge in [0.25, 0.3) is 17.1 Å². The number of nitrogens with zero attached hydrogens (tertiary/aromatic N) is 1. The normalized spacial score (nSPS) is 14.3. The highest BCUT2D eigenvalue weighted by atomic mass is 32.2. The van der Waals surface area contributed by atoms with Crippen LogP contribution in [0.3, 0.4) is 0 Å². The highest BCUT2D eigenvalue weighted by Gasteiger charge is 2.35. The van der Waals surface area contributed by atoms with E-state index in [1.807, 2.05) is 50.2 Å². The summed E-state index contributed by atoms with van der Waals surface area (Å²) in [5, 5.41) is 2.41. The molecule has 1 aliphatic rings. The molecule has 1 fully saturated rings. The predicted molar refractivity (Wildman–Crippen MR) is 141 cm³/mol. The van der Waals surface area contributed by atoms with Crippen molar-refractivity contribution in [3.8, 4) is 11.5 Å². The highest BCUT2D eigenvalue weighted by molar-refractivity contribution is 8.18. The zero-order valence-corrected chi connectivity index (χ0v) is 20.8. The van der Waals surface area contributed by atoms with Crippen LogP contribution in [0, 0.1) is 13.8 Å². The first-order chi connectivity index (χ1) is 17.4. The molecule has 0 aliphatic carbocycles. The lowest BCUT2D eigenvalue weighted by molar-refractivity contribution is -0.123. The van der Waals surface area contributed by atoms with Gasteiger partial charge in [0, 0.05) is 11.3 Å². The molecule has 1 saturated heterocycles. The first kappa shape index (κ1) is 25.1. The number of ether oxygens (including phenoxy) is 2. The number of imide groups is 1. The fourth-order valence-electron chi connectivity index (χ4n) is 3.54. The molecule has 0 saturated carbocycles. The first-order valence-corrected chi connectivity index (χ1v) is 12.2. The smallest absolute Gasteiger partial charge is 0.293 e. The van der Waals surface area contributed by atoms with Gasteiger partial charge < -0.3 is 14.8 Å². The number of para-hydroxylation sites is 2. The number of amides is 3. The number of aryl methyl sites for hydroxylation is 2. The van der Waals surface area contributed by atoms with Crippen molar-refractivity contribution in [1.29, 1.82) is 0 Å². The second-order valence-corrected chi connectivity index (χ2v) is 9.18. The number of hydrogen-bond acceptors (Lipinski definition) is 6. The van der Waals surface area contributed by atoms with E-state index in [0.29, 0.717) is 17.0 Å². The topological polar surface area (TPSA) is 84.9 Å². The summed E-state index contributed by atoms with van der Waals surface area (Å²) in [5.74, 6) is 0.483. The molecule has 0 radical (unpaired) electrons. The number of thioether (sulfide) groups is 1. The Morgan fingerprint density at radius 1 is 0.944 bits per heavy atom. The number of rotatable bonds is 9. The lowest BCUT2D eigenvalue weighted by Crippen LogP contribution is -2.32. The summed E-state index contributed by atoms with van der Waals surface area (Å²) in [5.41, 5.74) is 3.34. The van der Waals surface area contributed by atoms with Gasteiger partial charge in [-0.15, -0.1) is 0 Å². The third-order valence-electron chi connectivity index (χ3n) is 5.41. The largest absolute Gasteiger partial charge is 0.491 e. The summed E-state index contributed by atoms with van der Waals surface area (Å²) in [6.07, 6.45) is 1.61. The second kappa shape index (κ2) is 11.6. The average Bonchev–Trinajstić information content (AvgIpc) is 3.13. The van der Waals surface area contributed by atoms with Crippen LogP contribution in [-0.4, -0.2) is 41.7 Å². The standard InChI is InChI=1S/C28H26N2O5S/c1-19-12-13-20(2)24(16-19)34-15-14-30-27(32)25(36-28(30)33)17-21-8-6-7-11-23(21)35-18-26(31)29-22-9-4-3-5-10-22/h3-13,16-17H,14-15,18H2,1-2H3,(H,29,31)/b25-17-. The van der Waals surface area contributed by atoms with E-state index < -0.39 is 0 Å². The van der Waals surface area contributed by atoms with Crippen molar-refractivity contribution in [3.63, 3.8) is 0 Å². The van der Waals surface area contributed by atoms with Gasteiger partial charge in [-0.05, 0) is 67.1 Å². The maximum absolute atomic E-state index is 12.9. The first-order valence-electron chi connectivity index (χ1n) is 11.4. The number of carbonyl (C=O) groups is 3. The molecule has 0 unspecified atom stereocenters. The fraction of sp³-hybridized carbons (Fsp3) is 0.179. The number of hydrogen-bond donors (Lipinski definition) is 1. The molecular weight excluding hydrogens is 476 g/mol. The monoisotopic (exact) mass is 502 g/mol. The van der Waals surface area contributed by atoms with E-state index in [1.165, 1.54) is 4.90 Å². The summed E-state index contributed by atoms with van der Waals surface area (Å²) in [6.45, 7) is 4.07. The summed E-state index contributed by atoms with van der Waals surface area (Å²) in [4.78, 5) is 39.1. The predicted octanol–water partition coefficient (Wildman–Crippen LogP) is 5.44. The molecule has 1 heterocycles. The van der Waals surface area contributed by atoms with Gasteiger partial charge in [-0.2, -0.15) is 0 Å². The molecule has 0 bridgehead atoms. The number of nitrogens with one attached hydrogen (secondary N) is 1. The fourth-order valence-corrected chi connectivity index (χ4v) is 4.39. The number of carbonyl (C=O) groups excluding carboxylic acids is 3. The van der Waals surface area contributed by atoms with Crippen LogP contribution in [0.1, 0.15) is 16.7 Å². The van der Waals surface area contributed by atoms with E-state index in [4.69, 9.17) is 9.47 Å². The zero-order valence-electron chi connectivity index (χ0n) is 20.0. The van der Waals surface area contributed by atoms with E-state index in [9.17, 15) is 14.4 Å². The van der Waals surface area contributed by atoms with Crippen LogP contribution in [0.2, 0.25) is 0 Å². The third kappa shape index (κ3) is 6.34. The van der Waals surface area contributed by atoms with Crippen molar-refractivity contribution >= 4 is 40.6 Å². The van der Waals surface area contributed by atoms with E-state index in [1.54, 1.807) is 42.5 Å². The van der Waals surface area contributed by atoms with E-state index in [-0.39, 0.29) is 41.7 Å². The summed E-state index contributed by atoms with van der Waals surface area (Å²) in [7, 11) is 0. The van der Waals surface area contributed by atoms with Gasteiger partial charge in [-0.25, -0.2) is 0 Å². The summed E-state index contributed by atoms with van der Waals surface area (Å²) in [6, 6.07) is 22.0. The Morgan fingerprint density at radius 2 is 1.69 bits per heavy atom. The molecule has 7 nitrogen and oxygen atoms in total. The van der Waals surface area contributed by atoms with Crippen LogP contribution in [0.25, 0.3) is 6.08 Å². The van der Waals surface area contributed by atoms with Crippen molar-refractivity contribution in [1.82, 2.24) is 4.90 Å². The molecule has 8 heteroatoms. The van der Waals surface area contributed by atoms with Gasteiger partial charge in [0.05, 0.1) is 11.4 Å². The molecule has 0 aromatic heterocycles.